The highest BCUT2D eigenvalue weighted by Crippen LogP contribution is 2.23. The second kappa shape index (κ2) is 7.51. The molecule has 1 fully saturated rings. The highest BCUT2D eigenvalue weighted by molar-refractivity contribution is 5.82. The number of carbonyl (C=O) groups excluding carboxylic acids is 1. The number of rotatable bonds is 5. The van der Waals surface area contributed by atoms with E-state index in [1.807, 2.05) is 6.92 Å². The number of hydrogen-bond donors (Lipinski definition) is 2. The van der Waals surface area contributed by atoms with Crippen molar-refractivity contribution >= 4 is 12.0 Å². The summed E-state index contributed by atoms with van der Waals surface area (Å²) in [5.41, 5.74) is 0. The molecule has 0 bridgehead atoms. The van der Waals surface area contributed by atoms with Gasteiger partial charge in [0.2, 0.25) is 0 Å². The molecule has 1 aliphatic heterocycles. The number of unbranched alkanes of at least 4 members (excludes halogenated alkanes) is 1. The molecule has 0 aromatic carbocycles. The Morgan fingerprint density at radius 1 is 1.33 bits per heavy atom. The molecule has 1 saturated heterocycles. The number of likely N-dealkylation sites (tertiary alicyclic amines) is 1. The third-order valence-electron chi connectivity index (χ3n) is 3.57. The monoisotopic (exact) mass is 310 g/mol. The van der Waals surface area contributed by atoms with Crippen molar-refractivity contribution in [2.45, 2.75) is 51.2 Å². The smallest absolute Gasteiger partial charge is 0.389 e. The van der Waals surface area contributed by atoms with E-state index in [0.29, 0.717) is 13.0 Å². The van der Waals surface area contributed by atoms with Crippen LogP contribution in [0.25, 0.3) is 0 Å². The van der Waals surface area contributed by atoms with Crippen molar-refractivity contribution in [1.82, 2.24) is 10.2 Å². The number of nitrogens with one attached hydrogen (secondary N) is 1. The number of aliphatic carboxylic acids is 1. The number of carbonyl (C=O) groups is 2. The standard InChI is InChI=1S/C13H21F3N2O3/c1-9-4-7-18(10(8-9)11(19)20)12(21)17-6-3-2-5-13(14,15)16/h9-10H,2-8H2,1H3,(H,17,21)(H,19,20). The molecule has 1 rings (SSSR count). The zero-order chi connectivity index (χ0) is 16.0. The normalized spacial score (nSPS) is 23.0. The highest BCUT2D eigenvalue weighted by Gasteiger charge is 2.34. The molecule has 0 saturated carbocycles. The van der Waals surface area contributed by atoms with Crippen molar-refractivity contribution in [2.75, 3.05) is 13.1 Å². The maximum atomic E-state index is 11.9. The van der Waals surface area contributed by atoms with Crippen LogP contribution < -0.4 is 5.32 Å². The number of hydrogen-bond acceptors (Lipinski definition) is 2. The topological polar surface area (TPSA) is 69.6 Å². The molecule has 2 atom stereocenters. The second-order valence-electron chi connectivity index (χ2n) is 5.48. The fourth-order valence-corrected chi connectivity index (χ4v) is 2.37. The van der Waals surface area contributed by atoms with E-state index >= 15 is 0 Å². The predicted molar refractivity (Wildman–Crippen MR) is 69.8 cm³/mol. The van der Waals surface area contributed by atoms with Crippen LogP contribution >= 0.6 is 0 Å². The number of piperidine rings is 1. The number of halogens is 3. The third kappa shape index (κ3) is 6.22. The Hall–Kier alpha value is -1.47. The van der Waals surface area contributed by atoms with Gasteiger partial charge in [-0.3, -0.25) is 0 Å². The Morgan fingerprint density at radius 2 is 2.00 bits per heavy atom. The molecule has 0 radical (unpaired) electrons. The van der Waals surface area contributed by atoms with Gasteiger partial charge in [-0.25, -0.2) is 9.59 Å². The molecule has 1 aliphatic rings. The van der Waals surface area contributed by atoms with E-state index in [4.69, 9.17) is 5.11 Å². The average molecular weight is 310 g/mol. The van der Waals surface area contributed by atoms with Crippen molar-refractivity contribution in [1.29, 1.82) is 0 Å². The first-order chi connectivity index (χ1) is 9.70. The zero-order valence-corrected chi connectivity index (χ0v) is 11.9. The van der Waals surface area contributed by atoms with Crippen LogP contribution in [0.5, 0.6) is 0 Å². The van der Waals surface area contributed by atoms with Gasteiger partial charge in [0, 0.05) is 19.5 Å². The molecule has 2 unspecified atom stereocenters. The van der Waals surface area contributed by atoms with Crippen LogP contribution in [0.1, 0.15) is 39.0 Å². The number of urea groups is 1. The molecular weight excluding hydrogens is 289 g/mol. The molecule has 21 heavy (non-hydrogen) atoms. The van der Waals surface area contributed by atoms with Crippen LogP contribution in [0.15, 0.2) is 0 Å². The van der Waals surface area contributed by atoms with E-state index < -0.39 is 30.6 Å². The molecule has 2 N–H and O–H groups in total. The second-order valence-corrected chi connectivity index (χ2v) is 5.48. The van der Waals surface area contributed by atoms with Gasteiger partial charge in [0.25, 0.3) is 0 Å². The van der Waals surface area contributed by atoms with Gasteiger partial charge in [-0.1, -0.05) is 6.92 Å². The Labute approximate surface area is 121 Å². The van der Waals surface area contributed by atoms with Gasteiger partial charge in [-0.2, -0.15) is 13.2 Å². The van der Waals surface area contributed by atoms with Crippen molar-refractivity contribution < 1.29 is 27.9 Å². The van der Waals surface area contributed by atoms with E-state index in [1.165, 1.54) is 4.90 Å². The van der Waals surface area contributed by atoms with Crippen LogP contribution in [0.4, 0.5) is 18.0 Å². The van der Waals surface area contributed by atoms with Gasteiger partial charge < -0.3 is 15.3 Å². The minimum absolute atomic E-state index is 0.0524. The van der Waals surface area contributed by atoms with Crippen LogP contribution in [-0.4, -0.2) is 47.3 Å². The van der Waals surface area contributed by atoms with Crippen LogP contribution in [0.3, 0.4) is 0 Å². The van der Waals surface area contributed by atoms with Crippen molar-refractivity contribution in [3.63, 3.8) is 0 Å². The van der Waals surface area contributed by atoms with Gasteiger partial charge in [0.1, 0.15) is 6.04 Å². The van der Waals surface area contributed by atoms with E-state index in [1.54, 1.807) is 0 Å². The average Bonchev–Trinajstić information content (AvgIpc) is 2.36. The summed E-state index contributed by atoms with van der Waals surface area (Å²) in [6.07, 6.45) is -3.76. The molecule has 1 heterocycles. The van der Waals surface area contributed by atoms with Gasteiger partial charge in [0.05, 0.1) is 0 Å². The van der Waals surface area contributed by atoms with Gasteiger partial charge in [-0.05, 0) is 31.6 Å². The first kappa shape index (κ1) is 17.6. The fraction of sp³-hybridized carbons (Fsp3) is 0.846. The number of amides is 2. The van der Waals surface area contributed by atoms with Crippen LogP contribution in [0.2, 0.25) is 0 Å². The van der Waals surface area contributed by atoms with Gasteiger partial charge in [-0.15, -0.1) is 0 Å². The molecular formula is C13H21F3N2O3. The van der Waals surface area contributed by atoms with Crippen LogP contribution in [0, 0.1) is 5.92 Å². The Bertz CT molecular complexity index is 374. The molecule has 122 valence electrons. The predicted octanol–water partition coefficient (Wildman–Crippen LogP) is 2.61. The summed E-state index contributed by atoms with van der Waals surface area (Å²) in [5, 5.41) is 11.6. The molecule has 0 aromatic rings. The maximum absolute atomic E-state index is 11.9. The number of carboxylic acid groups (broad SMARTS) is 1. The van der Waals surface area contributed by atoms with E-state index in [9.17, 15) is 22.8 Å². The fourth-order valence-electron chi connectivity index (χ4n) is 2.37. The summed E-state index contributed by atoms with van der Waals surface area (Å²) in [6.45, 7) is 2.40. The lowest BCUT2D eigenvalue weighted by molar-refractivity contribution is -0.144. The number of alkyl halides is 3. The minimum Gasteiger partial charge on any atom is -0.480 e. The summed E-state index contributed by atoms with van der Waals surface area (Å²) in [7, 11) is 0. The summed E-state index contributed by atoms with van der Waals surface area (Å²) < 4.78 is 35.8. The molecule has 0 spiro atoms. The molecule has 5 nitrogen and oxygen atoms in total. The lowest BCUT2D eigenvalue weighted by Gasteiger charge is -2.35. The first-order valence-corrected chi connectivity index (χ1v) is 7.04. The Morgan fingerprint density at radius 3 is 2.57 bits per heavy atom. The maximum Gasteiger partial charge on any atom is 0.389 e. The van der Waals surface area contributed by atoms with Crippen LogP contribution in [-0.2, 0) is 4.79 Å². The quantitative estimate of drug-likeness (QED) is 0.767. The molecule has 0 aliphatic carbocycles. The summed E-state index contributed by atoms with van der Waals surface area (Å²) in [4.78, 5) is 24.3. The first-order valence-electron chi connectivity index (χ1n) is 7.04. The number of nitrogens with zero attached hydrogens (tertiary/aromatic N) is 1. The summed E-state index contributed by atoms with van der Waals surface area (Å²) in [5.74, 6) is -0.810. The summed E-state index contributed by atoms with van der Waals surface area (Å²) >= 11 is 0. The Kier molecular flexibility index (Phi) is 6.29. The minimum atomic E-state index is -4.18. The van der Waals surface area contributed by atoms with Crippen molar-refractivity contribution in [3.8, 4) is 0 Å². The lowest BCUT2D eigenvalue weighted by Crippen LogP contribution is -2.53. The van der Waals surface area contributed by atoms with Gasteiger partial charge in [0.15, 0.2) is 0 Å². The SMILES string of the molecule is CC1CCN(C(=O)NCCCCC(F)(F)F)C(C(=O)O)C1. The lowest BCUT2D eigenvalue weighted by atomic mass is 9.93. The van der Waals surface area contributed by atoms with E-state index in [0.717, 1.165) is 6.42 Å². The van der Waals surface area contributed by atoms with Crippen molar-refractivity contribution in [2.24, 2.45) is 5.92 Å². The van der Waals surface area contributed by atoms with E-state index in [-0.39, 0.29) is 25.3 Å². The number of carboxylic acids is 1. The van der Waals surface area contributed by atoms with Gasteiger partial charge >= 0.3 is 18.2 Å². The van der Waals surface area contributed by atoms with Crippen molar-refractivity contribution in [3.05, 3.63) is 0 Å². The molecule has 2 amide bonds. The highest BCUT2D eigenvalue weighted by atomic mass is 19.4. The van der Waals surface area contributed by atoms with E-state index in [2.05, 4.69) is 5.32 Å². The zero-order valence-electron chi connectivity index (χ0n) is 11.9. The Balaban J connectivity index is 2.35. The third-order valence-corrected chi connectivity index (χ3v) is 3.57. The largest absolute Gasteiger partial charge is 0.480 e. The molecule has 0 aromatic heterocycles. The summed E-state index contributed by atoms with van der Waals surface area (Å²) in [6, 6.07) is -1.37. The molecule has 8 heteroatoms.